The number of hydrogen-bond donors (Lipinski definition) is 0. The summed E-state index contributed by atoms with van der Waals surface area (Å²) in [6, 6.07) is 19.2. The average Bonchev–Trinajstić information content (AvgIpc) is 3.27. The van der Waals surface area contributed by atoms with Crippen LogP contribution in [0.4, 0.5) is 5.69 Å². The zero-order valence-electron chi connectivity index (χ0n) is 18.9. The maximum Gasteiger partial charge on any atom is 0.342 e. The lowest BCUT2D eigenvalue weighted by Gasteiger charge is -2.16. The minimum atomic E-state index is -0.986. The van der Waals surface area contributed by atoms with Gasteiger partial charge in [-0.2, -0.15) is 0 Å². The molecular weight excluding hydrogens is 454 g/mol. The zero-order chi connectivity index (χ0) is 24.2. The van der Waals surface area contributed by atoms with E-state index in [0.29, 0.717) is 29.3 Å². The summed E-state index contributed by atoms with van der Waals surface area (Å²) < 4.78 is 11.3. The van der Waals surface area contributed by atoms with Crippen molar-refractivity contribution in [2.45, 2.75) is 33.0 Å². The second-order valence-corrected chi connectivity index (χ2v) is 8.52. The Bertz CT molecular complexity index is 1240. The lowest BCUT2D eigenvalue weighted by molar-refractivity contribution is -0.116. The summed E-state index contributed by atoms with van der Waals surface area (Å²) in [6.45, 7) is 3.92. The van der Waals surface area contributed by atoms with Gasteiger partial charge in [0, 0.05) is 29.7 Å². The third-order valence-electron chi connectivity index (χ3n) is 5.71. The molecule has 7 heteroatoms. The number of carbonyl (C=O) groups is 3. The number of para-hydroxylation sites is 1. The van der Waals surface area contributed by atoms with Crippen LogP contribution < -0.4 is 9.64 Å². The van der Waals surface area contributed by atoms with E-state index in [4.69, 9.17) is 21.1 Å². The van der Waals surface area contributed by atoms with Crippen molar-refractivity contribution in [1.29, 1.82) is 0 Å². The number of esters is 1. The highest BCUT2D eigenvalue weighted by Gasteiger charge is 2.26. The van der Waals surface area contributed by atoms with Crippen molar-refractivity contribution in [3.63, 3.8) is 0 Å². The molecule has 0 N–H and O–H groups in total. The van der Waals surface area contributed by atoms with E-state index in [0.717, 1.165) is 16.8 Å². The van der Waals surface area contributed by atoms with Gasteiger partial charge >= 0.3 is 5.97 Å². The molecule has 3 aromatic rings. The average molecular weight is 478 g/mol. The summed E-state index contributed by atoms with van der Waals surface area (Å²) in [5, 5.41) is 0.630. The number of rotatable bonds is 7. The van der Waals surface area contributed by atoms with Crippen molar-refractivity contribution in [2.75, 3.05) is 11.4 Å². The Labute approximate surface area is 203 Å². The first-order chi connectivity index (χ1) is 16.3. The molecule has 1 unspecified atom stereocenters. The second kappa shape index (κ2) is 10.1. The summed E-state index contributed by atoms with van der Waals surface area (Å²) >= 11 is 5.92. The van der Waals surface area contributed by atoms with Gasteiger partial charge in [0.05, 0.1) is 0 Å². The summed E-state index contributed by atoms with van der Waals surface area (Å²) in [5.41, 5.74) is 3.33. The topological polar surface area (TPSA) is 72.9 Å². The number of ether oxygens (including phenoxy) is 2. The molecule has 1 aliphatic rings. The highest BCUT2D eigenvalue weighted by Crippen LogP contribution is 2.29. The maximum absolute atomic E-state index is 13.0. The molecule has 4 rings (SSSR count). The minimum absolute atomic E-state index is 0.0305. The van der Waals surface area contributed by atoms with Crippen LogP contribution in [0.25, 0.3) is 0 Å². The molecule has 0 bridgehead atoms. The monoisotopic (exact) mass is 477 g/mol. The molecule has 0 fully saturated rings. The molecule has 6 nitrogen and oxygen atoms in total. The molecular formula is C27H24ClNO5. The van der Waals surface area contributed by atoms with Crippen LogP contribution in [0.3, 0.4) is 0 Å². The minimum Gasteiger partial charge on any atom is -0.488 e. The Hall–Kier alpha value is -3.64. The van der Waals surface area contributed by atoms with E-state index in [1.54, 1.807) is 66.4 Å². The van der Waals surface area contributed by atoms with Crippen molar-refractivity contribution < 1.29 is 23.9 Å². The van der Waals surface area contributed by atoms with Gasteiger partial charge in [-0.05, 0) is 66.9 Å². The van der Waals surface area contributed by atoms with Crippen LogP contribution in [0.2, 0.25) is 5.02 Å². The second-order valence-electron chi connectivity index (χ2n) is 8.09. The van der Waals surface area contributed by atoms with E-state index in [2.05, 4.69) is 0 Å². The van der Waals surface area contributed by atoms with Gasteiger partial charge in [-0.15, -0.1) is 0 Å². The van der Waals surface area contributed by atoms with Gasteiger partial charge in [0.2, 0.25) is 11.7 Å². The van der Waals surface area contributed by atoms with E-state index in [-0.39, 0.29) is 23.9 Å². The van der Waals surface area contributed by atoms with Crippen molar-refractivity contribution >= 4 is 34.9 Å². The number of nitrogens with zero attached hydrogens (tertiary/aromatic N) is 1. The largest absolute Gasteiger partial charge is 0.488 e. The van der Waals surface area contributed by atoms with Gasteiger partial charge in [0.25, 0.3) is 0 Å². The molecule has 3 aromatic carbocycles. The highest BCUT2D eigenvalue weighted by molar-refractivity contribution is 6.30. The van der Waals surface area contributed by atoms with Crippen molar-refractivity contribution in [3.8, 4) is 5.75 Å². The van der Waals surface area contributed by atoms with E-state index in [1.165, 1.54) is 6.92 Å². The third-order valence-corrected chi connectivity index (χ3v) is 5.96. The molecule has 0 spiro atoms. The van der Waals surface area contributed by atoms with Crippen molar-refractivity contribution in [3.05, 3.63) is 94.0 Å². The SMILES string of the molecule is CC(=O)N1CCc2cc(C(=O)C(C)OC(=O)c3ccccc3OCc3ccc(Cl)cc3)ccc21. The smallest absolute Gasteiger partial charge is 0.342 e. The summed E-state index contributed by atoms with van der Waals surface area (Å²) in [7, 11) is 0. The van der Waals surface area contributed by atoms with Crippen LogP contribution in [0.15, 0.2) is 66.7 Å². The maximum atomic E-state index is 13.0. The summed E-state index contributed by atoms with van der Waals surface area (Å²) in [4.78, 5) is 39.2. The fourth-order valence-electron chi connectivity index (χ4n) is 3.90. The van der Waals surface area contributed by atoms with Gasteiger partial charge in [-0.1, -0.05) is 35.9 Å². The zero-order valence-corrected chi connectivity index (χ0v) is 19.7. The Balaban J connectivity index is 1.43. The predicted molar refractivity (Wildman–Crippen MR) is 130 cm³/mol. The van der Waals surface area contributed by atoms with Crippen LogP contribution in [-0.2, 0) is 22.6 Å². The van der Waals surface area contributed by atoms with Crippen LogP contribution in [0, 0.1) is 0 Å². The van der Waals surface area contributed by atoms with E-state index < -0.39 is 12.1 Å². The molecule has 0 radical (unpaired) electrons. The predicted octanol–water partition coefficient (Wildman–Crippen LogP) is 5.26. The molecule has 1 heterocycles. The Kier molecular flexibility index (Phi) is 6.98. The number of hydrogen-bond acceptors (Lipinski definition) is 5. The molecule has 174 valence electrons. The first-order valence-corrected chi connectivity index (χ1v) is 11.3. The fraction of sp³-hybridized carbons (Fsp3) is 0.222. The third kappa shape index (κ3) is 5.13. The molecule has 34 heavy (non-hydrogen) atoms. The summed E-state index contributed by atoms with van der Waals surface area (Å²) in [6.07, 6.45) is -0.303. The lowest BCUT2D eigenvalue weighted by atomic mass is 10.0. The van der Waals surface area contributed by atoms with Crippen LogP contribution in [0.1, 0.15) is 45.7 Å². The molecule has 0 saturated carbocycles. The molecule has 0 saturated heterocycles. The number of carbonyl (C=O) groups excluding carboxylic acids is 3. The standard InChI is InChI=1S/C27H24ClNO5/c1-17(26(31)21-9-12-24-20(15-21)13-14-29(24)18(2)30)34-27(32)23-5-3-4-6-25(23)33-16-19-7-10-22(28)11-8-19/h3-12,15,17H,13-14,16H2,1-2H3. The molecule has 0 aromatic heterocycles. The number of anilines is 1. The molecule has 0 aliphatic carbocycles. The van der Waals surface area contributed by atoms with Crippen molar-refractivity contribution in [2.24, 2.45) is 0 Å². The normalized spacial score (nSPS) is 13.2. The molecule has 1 amide bonds. The van der Waals surface area contributed by atoms with Crippen LogP contribution in [-0.4, -0.2) is 30.3 Å². The quantitative estimate of drug-likeness (QED) is 0.343. The number of benzene rings is 3. The van der Waals surface area contributed by atoms with E-state index >= 15 is 0 Å². The lowest BCUT2D eigenvalue weighted by Crippen LogP contribution is -2.26. The number of halogens is 1. The Morgan fingerprint density at radius 3 is 2.50 bits per heavy atom. The molecule has 1 atom stereocenters. The van der Waals surface area contributed by atoms with Gasteiger partial charge in [0.15, 0.2) is 6.10 Å². The molecule has 1 aliphatic heterocycles. The van der Waals surface area contributed by atoms with E-state index in [1.807, 2.05) is 12.1 Å². The first-order valence-electron chi connectivity index (χ1n) is 11.0. The summed E-state index contributed by atoms with van der Waals surface area (Å²) in [5.74, 6) is -0.616. The van der Waals surface area contributed by atoms with E-state index in [9.17, 15) is 14.4 Å². The van der Waals surface area contributed by atoms with Gasteiger partial charge in [0.1, 0.15) is 17.9 Å². The number of ketones is 1. The Morgan fingerprint density at radius 2 is 1.76 bits per heavy atom. The van der Waals surface area contributed by atoms with Gasteiger partial charge < -0.3 is 14.4 Å². The number of Topliss-reactive ketones (excluding diaryl/α,β-unsaturated/α-hetero) is 1. The number of amides is 1. The Morgan fingerprint density at radius 1 is 1.03 bits per heavy atom. The number of fused-ring (bicyclic) bond motifs is 1. The van der Waals surface area contributed by atoms with Crippen molar-refractivity contribution in [1.82, 2.24) is 0 Å². The van der Waals surface area contributed by atoms with Crippen LogP contribution in [0.5, 0.6) is 5.75 Å². The fourth-order valence-corrected chi connectivity index (χ4v) is 4.02. The van der Waals surface area contributed by atoms with Gasteiger partial charge in [-0.3, -0.25) is 9.59 Å². The van der Waals surface area contributed by atoms with Crippen LogP contribution >= 0.6 is 11.6 Å². The first kappa shape index (κ1) is 23.5. The highest BCUT2D eigenvalue weighted by atomic mass is 35.5. The van der Waals surface area contributed by atoms with Gasteiger partial charge in [-0.25, -0.2) is 4.79 Å².